The smallest absolute Gasteiger partial charge is 0.323 e. The Hall–Kier alpha value is -4.36. The minimum Gasteiger partial charge on any atom is -0.480 e. The number of para-hydroxylation sites is 1. The maximum absolute atomic E-state index is 12.5. The third kappa shape index (κ3) is 3.90. The number of aromatic nitrogens is 1. The molecule has 7 nitrogen and oxygen atoms in total. The van der Waals surface area contributed by atoms with Gasteiger partial charge in [-0.1, -0.05) is 18.2 Å². The number of carboxylic acids is 1. The van der Waals surface area contributed by atoms with Crippen LogP contribution >= 0.6 is 0 Å². The number of anilines is 1. The standard InChI is InChI=1S/C21H14N4O3/c22-10-14-5-7-17(8-6-14)24-21(28)15(11-23)9-16-12-25(13-20(26)27)19-4-2-1-3-18(16)19/h1-9,12H,13H2,(H,24,28)(H,26,27). The van der Waals surface area contributed by atoms with Gasteiger partial charge in [0.15, 0.2) is 0 Å². The average molecular weight is 370 g/mol. The number of amides is 1. The predicted octanol–water partition coefficient (Wildman–Crippen LogP) is 3.14. The average Bonchev–Trinajstić information content (AvgIpc) is 3.03. The SMILES string of the molecule is N#CC(=Cc1cn(CC(=O)O)c2ccccc12)C(=O)Nc1ccc(C#N)cc1. The van der Waals surface area contributed by atoms with Gasteiger partial charge >= 0.3 is 5.97 Å². The zero-order chi connectivity index (χ0) is 20.1. The summed E-state index contributed by atoms with van der Waals surface area (Å²) in [6.07, 6.45) is 3.03. The van der Waals surface area contributed by atoms with Crippen LogP contribution in [0.15, 0.2) is 60.3 Å². The lowest BCUT2D eigenvalue weighted by Crippen LogP contribution is -2.13. The minimum atomic E-state index is -0.990. The second kappa shape index (κ2) is 7.90. The summed E-state index contributed by atoms with van der Waals surface area (Å²) in [7, 11) is 0. The summed E-state index contributed by atoms with van der Waals surface area (Å²) in [6.45, 7) is -0.228. The second-order valence-corrected chi connectivity index (χ2v) is 5.94. The molecule has 136 valence electrons. The fraction of sp³-hybridized carbons (Fsp3) is 0.0476. The number of nitrogens with one attached hydrogen (secondary N) is 1. The monoisotopic (exact) mass is 370 g/mol. The minimum absolute atomic E-state index is 0.123. The fourth-order valence-electron chi connectivity index (χ4n) is 2.80. The van der Waals surface area contributed by atoms with E-state index in [-0.39, 0.29) is 12.1 Å². The Kier molecular flexibility index (Phi) is 5.20. The van der Waals surface area contributed by atoms with Gasteiger partial charge in [-0.05, 0) is 36.4 Å². The van der Waals surface area contributed by atoms with E-state index in [1.165, 1.54) is 6.08 Å². The number of rotatable bonds is 5. The largest absolute Gasteiger partial charge is 0.480 e. The molecular weight excluding hydrogens is 356 g/mol. The third-order valence-electron chi connectivity index (χ3n) is 4.06. The van der Waals surface area contributed by atoms with E-state index >= 15 is 0 Å². The van der Waals surface area contributed by atoms with Gasteiger partial charge in [-0.2, -0.15) is 10.5 Å². The number of fused-ring (bicyclic) bond motifs is 1. The van der Waals surface area contributed by atoms with E-state index in [0.717, 1.165) is 5.39 Å². The van der Waals surface area contributed by atoms with Crippen molar-refractivity contribution in [1.29, 1.82) is 10.5 Å². The van der Waals surface area contributed by atoms with Gasteiger partial charge in [-0.15, -0.1) is 0 Å². The van der Waals surface area contributed by atoms with Gasteiger partial charge in [0.25, 0.3) is 5.91 Å². The lowest BCUT2D eigenvalue weighted by molar-refractivity contribution is -0.137. The Morgan fingerprint density at radius 3 is 2.46 bits per heavy atom. The molecule has 0 aliphatic heterocycles. The molecule has 0 radical (unpaired) electrons. The molecule has 2 N–H and O–H groups in total. The molecule has 28 heavy (non-hydrogen) atoms. The van der Waals surface area contributed by atoms with E-state index in [9.17, 15) is 14.9 Å². The fourth-order valence-corrected chi connectivity index (χ4v) is 2.80. The molecule has 3 rings (SSSR count). The Morgan fingerprint density at radius 2 is 1.82 bits per heavy atom. The van der Waals surface area contributed by atoms with Crippen molar-refractivity contribution in [3.63, 3.8) is 0 Å². The zero-order valence-corrected chi connectivity index (χ0v) is 14.6. The quantitative estimate of drug-likeness (QED) is 0.528. The molecule has 1 amide bonds. The maximum Gasteiger partial charge on any atom is 0.323 e. The number of nitrogens with zero attached hydrogens (tertiary/aromatic N) is 3. The molecule has 7 heteroatoms. The van der Waals surface area contributed by atoms with Crippen LogP contribution in [0.1, 0.15) is 11.1 Å². The van der Waals surface area contributed by atoms with Crippen molar-refractivity contribution in [3.05, 3.63) is 71.4 Å². The van der Waals surface area contributed by atoms with Crippen LogP contribution in [-0.4, -0.2) is 21.6 Å². The van der Waals surface area contributed by atoms with Crippen LogP contribution in [0.3, 0.4) is 0 Å². The second-order valence-electron chi connectivity index (χ2n) is 5.94. The van der Waals surface area contributed by atoms with Crippen molar-refractivity contribution < 1.29 is 14.7 Å². The van der Waals surface area contributed by atoms with Gasteiger partial charge in [0.2, 0.25) is 0 Å². The first-order valence-electron chi connectivity index (χ1n) is 8.25. The van der Waals surface area contributed by atoms with E-state index in [1.54, 1.807) is 59.3 Å². The zero-order valence-electron chi connectivity index (χ0n) is 14.6. The molecule has 1 heterocycles. The van der Waals surface area contributed by atoms with Gasteiger partial charge in [0.1, 0.15) is 18.2 Å². The van der Waals surface area contributed by atoms with Crippen molar-refractivity contribution in [2.75, 3.05) is 5.32 Å². The third-order valence-corrected chi connectivity index (χ3v) is 4.06. The first kappa shape index (κ1) is 18.4. The molecule has 0 fully saturated rings. The van der Waals surface area contributed by atoms with Crippen LogP contribution in [0.2, 0.25) is 0 Å². The number of aliphatic carboxylic acids is 1. The van der Waals surface area contributed by atoms with Gasteiger partial charge in [-0.25, -0.2) is 0 Å². The van der Waals surface area contributed by atoms with E-state index in [1.807, 2.05) is 12.1 Å². The number of hydrogen-bond donors (Lipinski definition) is 2. The highest BCUT2D eigenvalue weighted by Gasteiger charge is 2.13. The first-order chi connectivity index (χ1) is 13.5. The Bertz CT molecular complexity index is 1180. The maximum atomic E-state index is 12.5. The molecule has 0 aliphatic rings. The van der Waals surface area contributed by atoms with E-state index in [2.05, 4.69) is 5.32 Å². The molecule has 0 bridgehead atoms. The number of hydrogen-bond acceptors (Lipinski definition) is 4. The van der Waals surface area contributed by atoms with Crippen molar-refractivity contribution in [3.8, 4) is 12.1 Å². The summed E-state index contributed by atoms with van der Waals surface area (Å²) in [5, 5.41) is 30.7. The van der Waals surface area contributed by atoms with E-state index < -0.39 is 11.9 Å². The highest BCUT2D eigenvalue weighted by molar-refractivity contribution is 6.10. The van der Waals surface area contributed by atoms with Crippen LogP contribution in [0, 0.1) is 22.7 Å². The number of carboxylic acid groups (broad SMARTS) is 1. The molecule has 0 saturated heterocycles. The molecule has 0 aliphatic carbocycles. The van der Waals surface area contributed by atoms with Gasteiger partial charge in [0, 0.05) is 28.4 Å². The number of nitriles is 2. The Morgan fingerprint density at radius 1 is 1.11 bits per heavy atom. The van der Waals surface area contributed by atoms with Gasteiger partial charge in [-0.3, -0.25) is 9.59 Å². The Balaban J connectivity index is 1.93. The summed E-state index contributed by atoms with van der Waals surface area (Å²) in [5.74, 6) is -1.59. The highest BCUT2D eigenvalue weighted by atomic mass is 16.4. The molecule has 0 spiro atoms. The normalized spacial score (nSPS) is 10.9. The lowest BCUT2D eigenvalue weighted by Gasteiger charge is -2.04. The molecule has 0 saturated carbocycles. The van der Waals surface area contributed by atoms with Crippen LogP contribution in [0.4, 0.5) is 5.69 Å². The predicted molar refractivity (Wildman–Crippen MR) is 103 cm³/mol. The molecule has 3 aromatic rings. The topological polar surface area (TPSA) is 119 Å². The summed E-state index contributed by atoms with van der Waals surface area (Å²) in [6, 6.07) is 17.3. The number of carbonyl (C=O) groups excluding carboxylic acids is 1. The van der Waals surface area contributed by atoms with Gasteiger partial charge in [0.05, 0.1) is 11.6 Å². The van der Waals surface area contributed by atoms with Gasteiger partial charge < -0.3 is 15.0 Å². The van der Waals surface area contributed by atoms with Crippen molar-refractivity contribution in [1.82, 2.24) is 4.57 Å². The van der Waals surface area contributed by atoms with Crippen LogP contribution in [-0.2, 0) is 16.1 Å². The Labute approximate surface area is 160 Å². The van der Waals surface area contributed by atoms with Crippen molar-refractivity contribution in [2.45, 2.75) is 6.54 Å². The molecular formula is C21H14N4O3. The highest BCUT2D eigenvalue weighted by Crippen LogP contribution is 2.24. The van der Waals surface area contributed by atoms with Crippen LogP contribution < -0.4 is 5.32 Å². The first-order valence-corrected chi connectivity index (χ1v) is 8.25. The summed E-state index contributed by atoms with van der Waals surface area (Å²) in [4.78, 5) is 23.5. The number of carbonyl (C=O) groups is 2. The lowest BCUT2D eigenvalue weighted by atomic mass is 10.1. The van der Waals surface area contributed by atoms with Crippen molar-refractivity contribution in [2.24, 2.45) is 0 Å². The number of benzene rings is 2. The van der Waals surface area contributed by atoms with E-state index in [0.29, 0.717) is 22.3 Å². The molecule has 0 unspecified atom stereocenters. The van der Waals surface area contributed by atoms with E-state index in [4.69, 9.17) is 10.4 Å². The molecule has 2 aromatic carbocycles. The molecule has 0 atom stereocenters. The van der Waals surface area contributed by atoms with Crippen LogP contribution in [0.5, 0.6) is 0 Å². The molecule has 1 aromatic heterocycles. The summed E-state index contributed by atoms with van der Waals surface area (Å²) < 4.78 is 1.55. The summed E-state index contributed by atoms with van der Waals surface area (Å²) >= 11 is 0. The van der Waals surface area contributed by atoms with Crippen LogP contribution in [0.25, 0.3) is 17.0 Å². The summed E-state index contributed by atoms with van der Waals surface area (Å²) in [5.41, 5.74) is 2.06. The van der Waals surface area contributed by atoms with Crippen molar-refractivity contribution >= 4 is 34.5 Å².